The lowest BCUT2D eigenvalue weighted by Crippen LogP contribution is -2.39. The Hall–Kier alpha value is -3.11. The van der Waals surface area contributed by atoms with Crippen LogP contribution in [-0.4, -0.2) is 51.0 Å². The maximum absolute atomic E-state index is 13.4. The third-order valence-corrected chi connectivity index (χ3v) is 7.91. The summed E-state index contributed by atoms with van der Waals surface area (Å²) in [6.45, 7) is -0.303. The van der Waals surface area contributed by atoms with Crippen molar-refractivity contribution in [1.29, 1.82) is 0 Å². The molecule has 1 aliphatic heterocycles. The first-order valence-corrected chi connectivity index (χ1v) is 12.2. The van der Waals surface area contributed by atoms with Gasteiger partial charge in [0, 0.05) is 30.2 Å². The average Bonchev–Trinajstić information content (AvgIpc) is 3.39. The van der Waals surface area contributed by atoms with Crippen molar-refractivity contribution in [2.24, 2.45) is 17.8 Å². The second-order valence-electron chi connectivity index (χ2n) is 9.18. The van der Waals surface area contributed by atoms with E-state index in [-0.39, 0.29) is 60.3 Å². The summed E-state index contributed by atoms with van der Waals surface area (Å²) in [5, 5.41) is 18.4. The van der Waals surface area contributed by atoms with E-state index >= 15 is 0 Å². The monoisotopic (exact) mass is 543 g/mol. The van der Waals surface area contributed by atoms with Crippen molar-refractivity contribution < 1.29 is 38.6 Å². The number of amides is 2. The van der Waals surface area contributed by atoms with Crippen LogP contribution in [0.1, 0.15) is 43.1 Å². The van der Waals surface area contributed by atoms with Crippen molar-refractivity contribution >= 4 is 45.3 Å². The number of aliphatic hydroxyl groups excluding tert-OH is 1. The molecule has 182 valence electrons. The topological polar surface area (TPSA) is 142 Å². The summed E-state index contributed by atoms with van der Waals surface area (Å²) in [4.78, 5) is 64.7. The number of rotatable bonds is 6. The van der Waals surface area contributed by atoms with Gasteiger partial charge in [-0.05, 0) is 53.2 Å². The van der Waals surface area contributed by atoms with Gasteiger partial charge in [0.2, 0.25) is 11.8 Å². The maximum atomic E-state index is 13.4. The fourth-order valence-corrected chi connectivity index (χ4v) is 6.29. The highest BCUT2D eigenvalue weighted by molar-refractivity contribution is 9.12. The molecule has 2 heterocycles. The number of nitrogens with zero attached hydrogens (tertiary/aromatic N) is 1. The van der Waals surface area contributed by atoms with Gasteiger partial charge in [-0.25, -0.2) is 0 Å². The number of Topliss-reactive ketones (excluding diaryl/α,β-unsaturated/α-hetero) is 1. The van der Waals surface area contributed by atoms with E-state index in [0.717, 1.165) is 10.5 Å². The van der Waals surface area contributed by atoms with Crippen LogP contribution in [0.4, 0.5) is 0 Å². The van der Waals surface area contributed by atoms with Crippen molar-refractivity contribution in [3.05, 3.63) is 57.0 Å². The fourth-order valence-electron chi connectivity index (χ4n) is 5.84. The summed E-state index contributed by atoms with van der Waals surface area (Å²) in [6, 6.07) is 3.25. The molecule has 1 aromatic heterocycles. The van der Waals surface area contributed by atoms with E-state index < -0.39 is 29.6 Å². The molecule has 5 rings (SSSR count). The second kappa shape index (κ2) is 8.83. The van der Waals surface area contributed by atoms with Gasteiger partial charge in [-0.3, -0.25) is 28.9 Å². The maximum Gasteiger partial charge on any atom is 0.303 e. The minimum absolute atomic E-state index is 0.0279. The number of hydrogen-bond acceptors (Lipinski definition) is 7. The third kappa shape index (κ3) is 3.75. The zero-order chi connectivity index (χ0) is 25.0. The Bertz CT molecular complexity index is 1270. The van der Waals surface area contributed by atoms with Crippen LogP contribution in [0.25, 0.3) is 0 Å². The number of fused-ring (bicyclic) bond motifs is 3. The molecule has 0 radical (unpaired) electrons. The molecule has 1 fully saturated rings. The standard InChI is InChI=1S/C25H22BrNO8/c26-16-9-17(29)21-15(23(16)32)8-14-12(22(21)18-6-3-11(10-28)35-18)4-5-13-20(14)25(34)27(24(13)33)7-1-2-19(30)31/h3-4,6,9,13-14,20,22,28H,1-2,5,7-8,10H2,(H,30,31)/t13-,14+,20-,22+/m0/s1. The number of carbonyl (C=O) groups is 5. The predicted molar refractivity (Wildman–Crippen MR) is 123 cm³/mol. The van der Waals surface area contributed by atoms with Gasteiger partial charge in [0.1, 0.15) is 18.1 Å². The lowest BCUT2D eigenvalue weighted by Gasteiger charge is -2.41. The zero-order valence-electron chi connectivity index (χ0n) is 18.5. The average molecular weight is 544 g/mol. The van der Waals surface area contributed by atoms with E-state index in [2.05, 4.69) is 15.9 Å². The first kappa shape index (κ1) is 23.6. The van der Waals surface area contributed by atoms with Gasteiger partial charge in [-0.15, -0.1) is 0 Å². The summed E-state index contributed by atoms with van der Waals surface area (Å²) < 4.78 is 5.94. The first-order chi connectivity index (χ1) is 16.7. The number of imide groups is 1. The van der Waals surface area contributed by atoms with Crippen LogP contribution in [0, 0.1) is 17.8 Å². The van der Waals surface area contributed by atoms with Crippen LogP contribution in [0.15, 0.2) is 49.9 Å². The molecule has 0 bridgehead atoms. The van der Waals surface area contributed by atoms with E-state index in [0.29, 0.717) is 29.1 Å². The number of likely N-dealkylation sites (tertiary alicyclic amines) is 1. The summed E-state index contributed by atoms with van der Waals surface area (Å²) in [6.07, 6.45) is 3.56. The molecule has 1 aromatic rings. The minimum Gasteiger partial charge on any atom is -0.481 e. The van der Waals surface area contributed by atoms with Gasteiger partial charge >= 0.3 is 5.97 Å². The molecule has 0 spiro atoms. The Morgan fingerprint density at radius 1 is 1.14 bits per heavy atom. The molecule has 2 N–H and O–H groups in total. The van der Waals surface area contributed by atoms with Gasteiger partial charge in [0.15, 0.2) is 11.6 Å². The number of aliphatic carboxylic acids is 1. The Morgan fingerprint density at radius 3 is 2.60 bits per heavy atom. The van der Waals surface area contributed by atoms with E-state index in [4.69, 9.17) is 9.52 Å². The summed E-state index contributed by atoms with van der Waals surface area (Å²) in [5.41, 5.74) is 1.35. The lowest BCUT2D eigenvalue weighted by molar-refractivity contribution is -0.142. The van der Waals surface area contributed by atoms with E-state index in [1.54, 1.807) is 12.1 Å². The highest BCUT2D eigenvalue weighted by Crippen LogP contribution is 2.55. The van der Waals surface area contributed by atoms with E-state index in [9.17, 15) is 29.1 Å². The number of allylic oxidation sites excluding steroid dienone is 6. The Labute approximate surface area is 208 Å². The smallest absolute Gasteiger partial charge is 0.303 e. The molecule has 35 heavy (non-hydrogen) atoms. The molecule has 4 aliphatic rings. The number of carboxylic acid groups (broad SMARTS) is 1. The molecular weight excluding hydrogens is 522 g/mol. The number of ketones is 2. The fraction of sp³-hybridized carbons (Fsp3) is 0.400. The van der Waals surface area contributed by atoms with Gasteiger partial charge in [-0.1, -0.05) is 11.6 Å². The number of carboxylic acids is 1. The van der Waals surface area contributed by atoms with Crippen molar-refractivity contribution in [3.8, 4) is 0 Å². The molecule has 2 amide bonds. The quantitative estimate of drug-likeness (QED) is 0.316. The van der Waals surface area contributed by atoms with Gasteiger partial charge < -0.3 is 14.6 Å². The number of hydrogen-bond donors (Lipinski definition) is 2. The van der Waals surface area contributed by atoms with Crippen LogP contribution < -0.4 is 0 Å². The Morgan fingerprint density at radius 2 is 1.91 bits per heavy atom. The number of halogens is 1. The summed E-state index contributed by atoms with van der Waals surface area (Å²) in [7, 11) is 0. The molecule has 3 aliphatic carbocycles. The molecule has 0 saturated carbocycles. The molecular formula is C25H22BrNO8. The molecule has 0 aromatic carbocycles. The number of aliphatic hydroxyl groups is 1. The predicted octanol–water partition coefficient (Wildman–Crippen LogP) is 2.40. The van der Waals surface area contributed by atoms with E-state index in [1.165, 1.54) is 6.08 Å². The molecule has 9 nitrogen and oxygen atoms in total. The Kier molecular flexibility index (Phi) is 5.96. The van der Waals surface area contributed by atoms with Crippen LogP contribution in [0.2, 0.25) is 0 Å². The van der Waals surface area contributed by atoms with Crippen LogP contribution in [-0.2, 0) is 30.6 Å². The van der Waals surface area contributed by atoms with Gasteiger partial charge in [-0.2, -0.15) is 0 Å². The highest BCUT2D eigenvalue weighted by Gasteiger charge is 2.56. The van der Waals surface area contributed by atoms with Crippen molar-refractivity contribution in [1.82, 2.24) is 4.90 Å². The SMILES string of the molecule is O=C(O)CCCN1C(=O)[C@H]2[C@H](CC=C3[C@H](c4ccc(CO)o4)C4=C(C[C@H]32)C(=O)C(Br)=CC4=O)C1=O. The molecule has 0 unspecified atom stereocenters. The number of furan rings is 1. The summed E-state index contributed by atoms with van der Waals surface area (Å²) >= 11 is 3.17. The minimum atomic E-state index is -1.00. The summed E-state index contributed by atoms with van der Waals surface area (Å²) in [5.74, 6) is -4.17. The van der Waals surface area contributed by atoms with Crippen molar-refractivity contribution in [3.63, 3.8) is 0 Å². The first-order valence-electron chi connectivity index (χ1n) is 11.4. The number of carbonyl (C=O) groups excluding carboxylic acids is 4. The van der Waals surface area contributed by atoms with Crippen molar-refractivity contribution in [2.45, 2.75) is 38.2 Å². The van der Waals surface area contributed by atoms with E-state index in [1.807, 2.05) is 6.08 Å². The normalized spacial score (nSPS) is 28.0. The van der Waals surface area contributed by atoms with Gasteiger partial charge in [0.05, 0.1) is 22.2 Å². The van der Waals surface area contributed by atoms with Crippen LogP contribution >= 0.6 is 15.9 Å². The molecule has 1 saturated heterocycles. The third-order valence-electron chi connectivity index (χ3n) is 7.32. The molecule has 4 atom stereocenters. The van der Waals surface area contributed by atoms with Gasteiger partial charge in [0.25, 0.3) is 0 Å². The van der Waals surface area contributed by atoms with Crippen molar-refractivity contribution in [2.75, 3.05) is 6.54 Å². The highest BCUT2D eigenvalue weighted by atomic mass is 79.9. The largest absolute Gasteiger partial charge is 0.481 e. The zero-order valence-corrected chi connectivity index (χ0v) is 20.1. The van der Waals surface area contributed by atoms with Crippen LogP contribution in [0.5, 0.6) is 0 Å². The Balaban J connectivity index is 1.56. The molecule has 10 heteroatoms. The second-order valence-corrected chi connectivity index (χ2v) is 10.0. The lowest BCUT2D eigenvalue weighted by atomic mass is 9.60. The van der Waals surface area contributed by atoms with Crippen LogP contribution in [0.3, 0.4) is 0 Å².